The second kappa shape index (κ2) is 7.66. The first-order chi connectivity index (χ1) is 12.2. The Labute approximate surface area is 146 Å². The Kier molecular flexibility index (Phi) is 5.14. The lowest BCUT2D eigenvalue weighted by Crippen LogP contribution is -2.43. The van der Waals surface area contributed by atoms with E-state index in [9.17, 15) is 9.59 Å². The van der Waals surface area contributed by atoms with E-state index >= 15 is 0 Å². The molecule has 1 heterocycles. The van der Waals surface area contributed by atoms with Crippen molar-refractivity contribution in [2.24, 2.45) is 0 Å². The van der Waals surface area contributed by atoms with E-state index in [1.807, 2.05) is 67.7 Å². The van der Waals surface area contributed by atoms with E-state index in [0.29, 0.717) is 19.5 Å². The van der Waals surface area contributed by atoms with Crippen molar-refractivity contribution in [1.82, 2.24) is 10.3 Å². The van der Waals surface area contributed by atoms with Crippen molar-refractivity contribution in [1.29, 1.82) is 0 Å². The van der Waals surface area contributed by atoms with E-state index in [-0.39, 0.29) is 0 Å². The summed E-state index contributed by atoms with van der Waals surface area (Å²) in [6.45, 7) is 2.71. The largest absolute Gasteiger partial charge is 0.361 e. The molecule has 128 valence electrons. The summed E-state index contributed by atoms with van der Waals surface area (Å²) in [4.78, 5) is 29.3. The highest BCUT2D eigenvalue weighted by Crippen LogP contribution is 2.17. The number of hydrogen-bond acceptors (Lipinski definition) is 2. The topological polar surface area (TPSA) is 65.2 Å². The Hall–Kier alpha value is -3.08. The van der Waals surface area contributed by atoms with E-state index < -0.39 is 11.8 Å². The smallest absolute Gasteiger partial charge is 0.316 e. The maximum Gasteiger partial charge on any atom is 0.316 e. The van der Waals surface area contributed by atoms with Gasteiger partial charge in [0.15, 0.2) is 0 Å². The predicted octanol–water partition coefficient (Wildman–Crippen LogP) is 2.88. The van der Waals surface area contributed by atoms with Crippen LogP contribution in [-0.2, 0) is 16.0 Å². The number of benzene rings is 2. The molecule has 0 spiro atoms. The van der Waals surface area contributed by atoms with Crippen molar-refractivity contribution in [3.05, 3.63) is 66.4 Å². The van der Waals surface area contributed by atoms with E-state index in [1.165, 1.54) is 4.90 Å². The van der Waals surface area contributed by atoms with Gasteiger partial charge in [0.05, 0.1) is 0 Å². The first kappa shape index (κ1) is 16.8. The van der Waals surface area contributed by atoms with Gasteiger partial charge in [0.25, 0.3) is 0 Å². The third-order valence-electron chi connectivity index (χ3n) is 4.18. The Morgan fingerprint density at radius 2 is 1.76 bits per heavy atom. The Morgan fingerprint density at radius 3 is 2.52 bits per heavy atom. The van der Waals surface area contributed by atoms with Crippen LogP contribution in [0.3, 0.4) is 0 Å². The summed E-state index contributed by atoms with van der Waals surface area (Å²) in [5.74, 6) is -1.11. The Balaban J connectivity index is 1.59. The zero-order valence-electron chi connectivity index (χ0n) is 14.2. The highest BCUT2D eigenvalue weighted by Gasteiger charge is 2.21. The molecule has 25 heavy (non-hydrogen) atoms. The minimum absolute atomic E-state index is 0.415. The molecule has 0 unspecified atom stereocenters. The second-order valence-corrected chi connectivity index (χ2v) is 5.75. The van der Waals surface area contributed by atoms with E-state index in [4.69, 9.17) is 0 Å². The maximum atomic E-state index is 12.4. The lowest BCUT2D eigenvalue weighted by Gasteiger charge is -2.20. The van der Waals surface area contributed by atoms with Crippen LogP contribution in [0, 0.1) is 0 Å². The molecular weight excluding hydrogens is 314 g/mol. The van der Waals surface area contributed by atoms with Crippen LogP contribution >= 0.6 is 0 Å². The van der Waals surface area contributed by atoms with Gasteiger partial charge in [-0.1, -0.05) is 36.4 Å². The molecule has 0 atom stereocenters. The highest BCUT2D eigenvalue weighted by molar-refractivity contribution is 6.40. The zero-order valence-corrected chi connectivity index (χ0v) is 14.2. The Bertz CT molecular complexity index is 871. The van der Waals surface area contributed by atoms with Crippen LogP contribution in [-0.4, -0.2) is 29.9 Å². The number of H-pyrrole nitrogens is 1. The average Bonchev–Trinajstić information content (AvgIpc) is 3.06. The summed E-state index contributed by atoms with van der Waals surface area (Å²) in [6.07, 6.45) is 2.61. The molecule has 1 aromatic heterocycles. The summed E-state index contributed by atoms with van der Waals surface area (Å²) in [5.41, 5.74) is 2.92. The molecule has 0 aliphatic carbocycles. The second-order valence-electron chi connectivity index (χ2n) is 5.75. The predicted molar refractivity (Wildman–Crippen MR) is 99.5 cm³/mol. The van der Waals surface area contributed by atoms with Gasteiger partial charge in [-0.3, -0.25) is 9.59 Å². The molecule has 0 radical (unpaired) electrons. The number of fused-ring (bicyclic) bond motifs is 1. The van der Waals surface area contributed by atoms with Gasteiger partial charge in [-0.05, 0) is 37.1 Å². The third kappa shape index (κ3) is 3.71. The fourth-order valence-corrected chi connectivity index (χ4v) is 2.90. The quantitative estimate of drug-likeness (QED) is 0.704. The molecule has 3 rings (SSSR count). The number of anilines is 1. The van der Waals surface area contributed by atoms with Crippen LogP contribution in [0.25, 0.3) is 10.9 Å². The van der Waals surface area contributed by atoms with Crippen molar-refractivity contribution >= 4 is 28.4 Å². The standard InChI is InChI=1S/C20H21N3O2/c1-2-23(16-8-4-3-5-9-16)20(25)19(24)21-13-12-15-14-22-18-11-7-6-10-17(15)18/h3-11,14,22H,2,12-13H2,1H3,(H,21,24). The highest BCUT2D eigenvalue weighted by atomic mass is 16.2. The van der Waals surface area contributed by atoms with Crippen molar-refractivity contribution < 1.29 is 9.59 Å². The number of carbonyl (C=O) groups excluding carboxylic acids is 2. The van der Waals surface area contributed by atoms with Gasteiger partial charge in [0, 0.05) is 35.9 Å². The fraction of sp³-hybridized carbons (Fsp3) is 0.200. The van der Waals surface area contributed by atoms with Gasteiger partial charge in [-0.25, -0.2) is 0 Å². The van der Waals surface area contributed by atoms with Crippen LogP contribution in [0.5, 0.6) is 0 Å². The van der Waals surface area contributed by atoms with Crippen molar-refractivity contribution in [2.75, 3.05) is 18.0 Å². The van der Waals surface area contributed by atoms with Crippen LogP contribution in [0.1, 0.15) is 12.5 Å². The average molecular weight is 335 g/mol. The molecular formula is C20H21N3O2. The van der Waals surface area contributed by atoms with Crippen molar-refractivity contribution in [3.63, 3.8) is 0 Å². The summed E-state index contributed by atoms with van der Waals surface area (Å²) in [5, 5.41) is 3.87. The van der Waals surface area contributed by atoms with Crippen molar-refractivity contribution in [2.45, 2.75) is 13.3 Å². The number of carbonyl (C=O) groups is 2. The van der Waals surface area contributed by atoms with Gasteiger partial charge < -0.3 is 15.2 Å². The zero-order chi connectivity index (χ0) is 17.6. The lowest BCUT2D eigenvalue weighted by molar-refractivity contribution is -0.137. The van der Waals surface area contributed by atoms with Crippen LogP contribution in [0.4, 0.5) is 5.69 Å². The summed E-state index contributed by atoms with van der Waals surface area (Å²) in [7, 11) is 0. The molecule has 0 fully saturated rings. The molecule has 0 saturated heterocycles. The maximum absolute atomic E-state index is 12.4. The first-order valence-corrected chi connectivity index (χ1v) is 8.40. The van der Waals surface area contributed by atoms with E-state index in [1.54, 1.807) is 0 Å². The van der Waals surface area contributed by atoms with Gasteiger partial charge in [-0.15, -0.1) is 0 Å². The van der Waals surface area contributed by atoms with Gasteiger partial charge in [0.2, 0.25) is 0 Å². The molecule has 0 aliphatic rings. The monoisotopic (exact) mass is 335 g/mol. The molecule has 3 aromatic rings. The number of likely N-dealkylation sites (N-methyl/N-ethyl adjacent to an activating group) is 1. The van der Waals surface area contributed by atoms with E-state index in [2.05, 4.69) is 10.3 Å². The normalized spacial score (nSPS) is 10.6. The number of rotatable bonds is 5. The number of hydrogen-bond donors (Lipinski definition) is 2. The summed E-state index contributed by atoms with van der Waals surface area (Å²) >= 11 is 0. The molecule has 0 aliphatic heterocycles. The molecule has 0 bridgehead atoms. The number of nitrogens with zero attached hydrogens (tertiary/aromatic N) is 1. The fourth-order valence-electron chi connectivity index (χ4n) is 2.90. The molecule has 2 aromatic carbocycles. The molecule has 5 heteroatoms. The van der Waals surface area contributed by atoms with Gasteiger partial charge in [0.1, 0.15) is 0 Å². The van der Waals surface area contributed by atoms with Crippen LogP contribution in [0.2, 0.25) is 0 Å². The van der Waals surface area contributed by atoms with Gasteiger partial charge >= 0.3 is 11.8 Å². The summed E-state index contributed by atoms with van der Waals surface area (Å²) < 4.78 is 0. The SMILES string of the molecule is CCN(C(=O)C(=O)NCCc1c[nH]c2ccccc12)c1ccccc1. The summed E-state index contributed by atoms with van der Waals surface area (Å²) in [6, 6.07) is 17.2. The lowest BCUT2D eigenvalue weighted by atomic mass is 10.1. The van der Waals surface area contributed by atoms with Crippen molar-refractivity contribution in [3.8, 4) is 0 Å². The number of aromatic amines is 1. The van der Waals surface area contributed by atoms with Crippen LogP contribution < -0.4 is 10.2 Å². The molecule has 2 N–H and O–H groups in total. The molecule has 2 amide bonds. The molecule has 5 nitrogen and oxygen atoms in total. The number of para-hydroxylation sites is 2. The first-order valence-electron chi connectivity index (χ1n) is 8.40. The van der Waals surface area contributed by atoms with Gasteiger partial charge in [-0.2, -0.15) is 0 Å². The molecule has 0 saturated carbocycles. The van der Waals surface area contributed by atoms with Crippen LogP contribution in [0.15, 0.2) is 60.8 Å². The Morgan fingerprint density at radius 1 is 1.04 bits per heavy atom. The minimum atomic E-state index is -0.578. The minimum Gasteiger partial charge on any atom is -0.361 e. The third-order valence-corrected chi connectivity index (χ3v) is 4.18. The van der Waals surface area contributed by atoms with E-state index in [0.717, 1.165) is 22.2 Å². The number of nitrogens with one attached hydrogen (secondary N) is 2. The number of amides is 2. The number of aromatic nitrogens is 1.